The summed E-state index contributed by atoms with van der Waals surface area (Å²) in [5.74, 6) is -0.158. The Bertz CT molecular complexity index is 738. The number of hydrogen-bond donors (Lipinski definition) is 2. The van der Waals surface area contributed by atoms with Crippen LogP contribution in [0.4, 0.5) is 5.69 Å². The number of anilines is 1. The quantitative estimate of drug-likeness (QED) is 0.902. The zero-order valence-corrected chi connectivity index (χ0v) is 12.9. The SMILES string of the molecule is CC(=O)Nc1ccccc1Sc1ccc(S(N)(=O)=O)s1. The first-order valence-electron chi connectivity index (χ1n) is 5.53. The highest BCUT2D eigenvalue weighted by Crippen LogP contribution is 2.38. The van der Waals surface area contributed by atoms with E-state index in [4.69, 9.17) is 5.14 Å². The fourth-order valence-electron chi connectivity index (χ4n) is 1.47. The number of sulfonamides is 1. The number of carbonyl (C=O) groups excluding carboxylic acids is 1. The number of carbonyl (C=O) groups is 1. The van der Waals surface area contributed by atoms with Crippen molar-refractivity contribution in [1.29, 1.82) is 0 Å². The zero-order chi connectivity index (χ0) is 14.8. The number of para-hydroxylation sites is 1. The molecular formula is C12H12N2O3S3. The van der Waals surface area contributed by atoms with Crippen molar-refractivity contribution in [3.05, 3.63) is 36.4 Å². The third kappa shape index (κ3) is 3.83. The Kier molecular flexibility index (Phi) is 4.48. The van der Waals surface area contributed by atoms with Gasteiger partial charge < -0.3 is 5.32 Å². The van der Waals surface area contributed by atoms with Crippen LogP contribution in [0.25, 0.3) is 0 Å². The van der Waals surface area contributed by atoms with Crippen LogP contribution in [0.1, 0.15) is 6.92 Å². The van der Waals surface area contributed by atoms with Gasteiger partial charge in [0.15, 0.2) is 0 Å². The Balaban J connectivity index is 2.26. The van der Waals surface area contributed by atoms with Gasteiger partial charge in [-0.1, -0.05) is 23.9 Å². The van der Waals surface area contributed by atoms with Gasteiger partial charge in [-0.2, -0.15) is 0 Å². The topological polar surface area (TPSA) is 89.3 Å². The summed E-state index contributed by atoms with van der Waals surface area (Å²) in [6.07, 6.45) is 0. The lowest BCUT2D eigenvalue weighted by molar-refractivity contribution is -0.114. The summed E-state index contributed by atoms with van der Waals surface area (Å²) in [5.41, 5.74) is 0.690. The number of nitrogens with one attached hydrogen (secondary N) is 1. The molecule has 2 aromatic rings. The standard InChI is InChI=1S/C12H12N2O3S3/c1-8(15)14-9-4-2-3-5-10(9)18-11-6-7-12(19-11)20(13,16)17/h2-7H,1H3,(H,14,15)(H2,13,16,17). The highest BCUT2D eigenvalue weighted by Gasteiger charge is 2.13. The third-order valence-corrected chi connectivity index (χ3v) is 5.98. The van der Waals surface area contributed by atoms with E-state index < -0.39 is 10.0 Å². The van der Waals surface area contributed by atoms with Crippen LogP contribution in [0, 0.1) is 0 Å². The molecule has 0 saturated carbocycles. The lowest BCUT2D eigenvalue weighted by Gasteiger charge is -2.07. The van der Waals surface area contributed by atoms with E-state index in [0.29, 0.717) is 5.69 Å². The summed E-state index contributed by atoms with van der Waals surface area (Å²) < 4.78 is 23.4. The number of benzene rings is 1. The van der Waals surface area contributed by atoms with Crippen molar-refractivity contribution in [2.45, 2.75) is 20.2 Å². The van der Waals surface area contributed by atoms with Gasteiger partial charge in [0.2, 0.25) is 15.9 Å². The van der Waals surface area contributed by atoms with Crippen molar-refractivity contribution >= 4 is 44.7 Å². The predicted octanol–water partition coefficient (Wildman–Crippen LogP) is 2.51. The molecular weight excluding hydrogens is 316 g/mol. The van der Waals surface area contributed by atoms with Crippen molar-refractivity contribution in [3.8, 4) is 0 Å². The van der Waals surface area contributed by atoms with Crippen molar-refractivity contribution in [2.24, 2.45) is 5.14 Å². The van der Waals surface area contributed by atoms with Gasteiger partial charge in [-0.15, -0.1) is 11.3 Å². The summed E-state index contributed by atoms with van der Waals surface area (Å²) in [6.45, 7) is 1.44. The van der Waals surface area contributed by atoms with E-state index in [2.05, 4.69) is 5.32 Å². The van der Waals surface area contributed by atoms with Crippen LogP contribution < -0.4 is 10.5 Å². The first-order chi connectivity index (χ1) is 9.36. The van der Waals surface area contributed by atoms with E-state index in [1.165, 1.54) is 24.8 Å². The third-order valence-electron chi connectivity index (χ3n) is 2.25. The van der Waals surface area contributed by atoms with Gasteiger partial charge >= 0.3 is 0 Å². The average molecular weight is 328 g/mol. The molecule has 0 radical (unpaired) electrons. The van der Waals surface area contributed by atoms with E-state index in [9.17, 15) is 13.2 Å². The molecule has 0 aliphatic rings. The second kappa shape index (κ2) is 5.96. The normalized spacial score (nSPS) is 11.3. The first-order valence-corrected chi connectivity index (χ1v) is 8.71. The molecule has 0 bridgehead atoms. The van der Waals surface area contributed by atoms with Crippen LogP contribution in [-0.4, -0.2) is 14.3 Å². The Morgan fingerprint density at radius 1 is 1.25 bits per heavy atom. The molecule has 1 aromatic carbocycles. The fourth-order valence-corrected chi connectivity index (χ4v) is 4.52. The second-order valence-electron chi connectivity index (χ2n) is 3.90. The van der Waals surface area contributed by atoms with Gasteiger partial charge in [-0.05, 0) is 24.3 Å². The minimum atomic E-state index is -3.67. The minimum Gasteiger partial charge on any atom is -0.325 e. The number of primary sulfonamides is 1. The van der Waals surface area contributed by atoms with Crippen molar-refractivity contribution in [3.63, 3.8) is 0 Å². The average Bonchev–Trinajstić information content (AvgIpc) is 2.79. The van der Waals surface area contributed by atoms with Crippen LogP contribution in [0.15, 0.2) is 49.7 Å². The summed E-state index contributed by atoms with van der Waals surface area (Å²) in [5, 5.41) is 7.81. The number of thiophene rings is 1. The van der Waals surface area contributed by atoms with E-state index in [0.717, 1.165) is 20.4 Å². The molecule has 0 aliphatic carbocycles. The fraction of sp³-hybridized carbons (Fsp3) is 0.0833. The molecule has 1 amide bonds. The van der Waals surface area contributed by atoms with Crippen molar-refractivity contribution < 1.29 is 13.2 Å². The molecule has 0 atom stereocenters. The Morgan fingerprint density at radius 2 is 1.95 bits per heavy atom. The van der Waals surface area contributed by atoms with E-state index in [1.54, 1.807) is 12.1 Å². The number of amides is 1. The molecule has 0 spiro atoms. The van der Waals surface area contributed by atoms with Gasteiger partial charge in [0.25, 0.3) is 0 Å². The molecule has 3 N–H and O–H groups in total. The molecule has 106 valence electrons. The maximum atomic E-state index is 11.2. The highest BCUT2D eigenvalue weighted by atomic mass is 32.3. The summed E-state index contributed by atoms with van der Waals surface area (Å²) in [4.78, 5) is 12.0. The number of hydrogen-bond acceptors (Lipinski definition) is 5. The van der Waals surface area contributed by atoms with Gasteiger partial charge in [-0.3, -0.25) is 4.79 Å². The van der Waals surface area contributed by atoms with Crippen LogP contribution >= 0.6 is 23.1 Å². The largest absolute Gasteiger partial charge is 0.325 e. The monoisotopic (exact) mass is 328 g/mol. The van der Waals surface area contributed by atoms with Crippen LogP contribution in [0.3, 0.4) is 0 Å². The maximum Gasteiger partial charge on any atom is 0.247 e. The molecule has 2 rings (SSSR count). The number of nitrogens with two attached hydrogens (primary N) is 1. The summed E-state index contributed by atoms with van der Waals surface area (Å²) >= 11 is 2.48. The Labute approximate surface area is 125 Å². The van der Waals surface area contributed by atoms with Crippen molar-refractivity contribution in [2.75, 3.05) is 5.32 Å². The first kappa shape index (κ1) is 15.0. The molecule has 5 nitrogen and oxygen atoms in total. The van der Waals surface area contributed by atoms with E-state index in [1.807, 2.05) is 18.2 Å². The van der Waals surface area contributed by atoms with Crippen LogP contribution in [-0.2, 0) is 14.8 Å². The van der Waals surface area contributed by atoms with E-state index in [-0.39, 0.29) is 10.1 Å². The van der Waals surface area contributed by atoms with Crippen molar-refractivity contribution in [1.82, 2.24) is 0 Å². The Morgan fingerprint density at radius 3 is 2.55 bits per heavy atom. The molecule has 0 saturated heterocycles. The lowest BCUT2D eigenvalue weighted by Crippen LogP contribution is -2.09. The van der Waals surface area contributed by atoms with E-state index >= 15 is 0 Å². The summed E-state index contributed by atoms with van der Waals surface area (Å²) in [6, 6.07) is 10.5. The molecule has 1 heterocycles. The molecule has 0 fully saturated rings. The molecule has 0 unspecified atom stereocenters. The van der Waals surface area contributed by atoms with Crippen LogP contribution in [0.2, 0.25) is 0 Å². The zero-order valence-electron chi connectivity index (χ0n) is 10.5. The minimum absolute atomic E-state index is 0.122. The number of rotatable bonds is 4. The maximum absolute atomic E-state index is 11.2. The molecule has 20 heavy (non-hydrogen) atoms. The molecule has 8 heteroatoms. The smallest absolute Gasteiger partial charge is 0.247 e. The second-order valence-corrected chi connectivity index (χ2v) is 8.11. The van der Waals surface area contributed by atoms with Gasteiger partial charge in [0, 0.05) is 11.8 Å². The van der Waals surface area contributed by atoms with Gasteiger partial charge in [0.05, 0.1) is 9.90 Å². The summed E-state index contributed by atoms with van der Waals surface area (Å²) in [7, 11) is -3.67. The van der Waals surface area contributed by atoms with Gasteiger partial charge in [-0.25, -0.2) is 13.6 Å². The predicted molar refractivity (Wildman–Crippen MR) is 80.6 cm³/mol. The van der Waals surface area contributed by atoms with Gasteiger partial charge in [0.1, 0.15) is 4.21 Å². The Hall–Kier alpha value is -1.35. The molecule has 0 aliphatic heterocycles. The van der Waals surface area contributed by atoms with Crippen LogP contribution in [0.5, 0.6) is 0 Å². The molecule has 1 aromatic heterocycles. The highest BCUT2D eigenvalue weighted by molar-refractivity contribution is 8.01. The lowest BCUT2D eigenvalue weighted by atomic mass is 10.3.